The monoisotopic (exact) mass is 395 g/mol. The van der Waals surface area contributed by atoms with Crippen molar-refractivity contribution in [3.05, 3.63) is 47.4 Å². The molecule has 1 aromatic carbocycles. The average molecular weight is 396 g/mol. The fourth-order valence-corrected chi connectivity index (χ4v) is 4.62. The predicted octanol–water partition coefficient (Wildman–Crippen LogP) is 3.06. The topological polar surface area (TPSA) is 72.4 Å². The van der Waals surface area contributed by atoms with E-state index in [-0.39, 0.29) is 16.2 Å². The smallest absolute Gasteiger partial charge is 0.224 e. The van der Waals surface area contributed by atoms with Crippen molar-refractivity contribution in [3.63, 3.8) is 0 Å². The highest BCUT2D eigenvalue weighted by Gasteiger charge is 2.39. The zero-order valence-electron chi connectivity index (χ0n) is 15.0. The molecule has 1 atom stereocenters. The van der Waals surface area contributed by atoms with Crippen LogP contribution in [0.25, 0.3) is 0 Å². The van der Waals surface area contributed by atoms with Crippen LogP contribution in [-0.4, -0.2) is 44.2 Å². The lowest BCUT2D eigenvalue weighted by Gasteiger charge is -2.35. The molecule has 1 fully saturated rings. The maximum atomic E-state index is 13.2. The van der Waals surface area contributed by atoms with Crippen LogP contribution in [0.1, 0.15) is 26.5 Å². The largest absolute Gasteiger partial charge is 0.377 e. The zero-order chi connectivity index (χ0) is 18.9. The quantitative estimate of drug-likeness (QED) is 0.741. The summed E-state index contributed by atoms with van der Waals surface area (Å²) in [6, 6.07) is 10.2. The van der Waals surface area contributed by atoms with Crippen molar-refractivity contribution in [2.45, 2.75) is 36.5 Å². The standard InChI is InChI=1S/C18H22ClN3O3S/c1-13-12-25-10-9-22(13)16-11-15(20-17(19)21-16)18(2,3)26(23,24)14-7-5-4-6-8-14/h4-8,11,13H,9-10,12H2,1-3H3/t13-/m0/s1. The van der Waals surface area contributed by atoms with Gasteiger partial charge in [-0.2, -0.15) is 0 Å². The molecule has 0 spiro atoms. The molecule has 0 radical (unpaired) electrons. The predicted molar refractivity (Wildman–Crippen MR) is 101 cm³/mol. The van der Waals surface area contributed by atoms with Gasteiger partial charge in [0.05, 0.1) is 29.8 Å². The maximum Gasteiger partial charge on any atom is 0.224 e. The number of benzene rings is 1. The van der Waals surface area contributed by atoms with Gasteiger partial charge in [0.15, 0.2) is 9.84 Å². The first-order valence-corrected chi connectivity index (χ1v) is 10.3. The van der Waals surface area contributed by atoms with Gasteiger partial charge in [-0.05, 0) is 44.5 Å². The van der Waals surface area contributed by atoms with Crippen molar-refractivity contribution >= 4 is 27.3 Å². The lowest BCUT2D eigenvalue weighted by molar-refractivity contribution is 0.0985. The zero-order valence-corrected chi connectivity index (χ0v) is 16.6. The van der Waals surface area contributed by atoms with E-state index in [1.54, 1.807) is 50.2 Å². The average Bonchev–Trinajstić information content (AvgIpc) is 2.62. The molecule has 0 aliphatic carbocycles. The van der Waals surface area contributed by atoms with E-state index in [2.05, 4.69) is 14.9 Å². The summed E-state index contributed by atoms with van der Waals surface area (Å²) < 4.78 is 30.6. The van der Waals surface area contributed by atoms with Gasteiger partial charge in [0.2, 0.25) is 5.28 Å². The molecule has 0 N–H and O–H groups in total. The van der Waals surface area contributed by atoms with E-state index < -0.39 is 14.6 Å². The number of anilines is 1. The lowest BCUT2D eigenvalue weighted by Crippen LogP contribution is -2.44. The third-order valence-electron chi connectivity index (χ3n) is 4.69. The Kier molecular flexibility index (Phi) is 5.23. The molecular weight excluding hydrogens is 374 g/mol. The number of sulfone groups is 1. The van der Waals surface area contributed by atoms with Crippen LogP contribution >= 0.6 is 11.6 Å². The third-order valence-corrected chi connectivity index (χ3v) is 7.30. The molecular formula is C18H22ClN3O3S. The molecule has 2 aromatic rings. The van der Waals surface area contributed by atoms with Crippen molar-refractivity contribution in [2.24, 2.45) is 0 Å². The maximum absolute atomic E-state index is 13.2. The first-order chi connectivity index (χ1) is 12.2. The first kappa shape index (κ1) is 19.1. The van der Waals surface area contributed by atoms with Crippen LogP contribution in [0.2, 0.25) is 5.28 Å². The van der Waals surface area contributed by atoms with Gasteiger partial charge in [0.25, 0.3) is 0 Å². The van der Waals surface area contributed by atoms with Crippen molar-refractivity contribution in [2.75, 3.05) is 24.7 Å². The van der Waals surface area contributed by atoms with Crippen LogP contribution in [0, 0.1) is 0 Å². The number of halogens is 1. The highest BCUT2D eigenvalue weighted by molar-refractivity contribution is 7.92. The van der Waals surface area contributed by atoms with Crippen LogP contribution in [-0.2, 0) is 19.3 Å². The summed E-state index contributed by atoms with van der Waals surface area (Å²) >= 11 is 6.14. The minimum Gasteiger partial charge on any atom is -0.377 e. The Hall–Kier alpha value is -1.70. The van der Waals surface area contributed by atoms with Crippen LogP contribution in [0.4, 0.5) is 5.82 Å². The molecule has 140 valence electrons. The lowest BCUT2D eigenvalue weighted by atomic mass is 10.1. The SMILES string of the molecule is C[C@H]1COCCN1c1cc(C(C)(C)S(=O)(=O)c2ccccc2)nc(Cl)n1. The Balaban J connectivity index is 2.05. The second-order valence-corrected chi connectivity index (χ2v) is 9.66. The van der Waals surface area contributed by atoms with Crippen molar-refractivity contribution in [1.29, 1.82) is 0 Å². The first-order valence-electron chi connectivity index (χ1n) is 8.42. The minimum absolute atomic E-state index is 0.0347. The molecule has 1 aromatic heterocycles. The van der Waals surface area contributed by atoms with Gasteiger partial charge in [-0.3, -0.25) is 0 Å². The van der Waals surface area contributed by atoms with Crippen molar-refractivity contribution < 1.29 is 13.2 Å². The molecule has 1 aliphatic rings. The fraction of sp³-hybridized carbons (Fsp3) is 0.444. The molecule has 6 nitrogen and oxygen atoms in total. The number of ether oxygens (including phenoxy) is 1. The summed E-state index contributed by atoms with van der Waals surface area (Å²) in [4.78, 5) is 10.9. The number of hydrogen-bond acceptors (Lipinski definition) is 6. The van der Waals surface area contributed by atoms with Gasteiger partial charge in [-0.1, -0.05) is 18.2 Å². The molecule has 26 heavy (non-hydrogen) atoms. The Morgan fingerprint density at radius 2 is 1.92 bits per heavy atom. The highest BCUT2D eigenvalue weighted by Crippen LogP contribution is 2.35. The van der Waals surface area contributed by atoms with E-state index in [1.165, 1.54) is 0 Å². The number of morpholine rings is 1. The molecule has 1 saturated heterocycles. The Morgan fingerprint density at radius 1 is 1.23 bits per heavy atom. The normalized spacial score (nSPS) is 18.8. The van der Waals surface area contributed by atoms with Crippen LogP contribution in [0.5, 0.6) is 0 Å². The summed E-state index contributed by atoms with van der Waals surface area (Å²) in [5.41, 5.74) is 0.370. The molecule has 0 bridgehead atoms. The van der Waals surface area contributed by atoms with Crippen LogP contribution < -0.4 is 4.90 Å². The van der Waals surface area contributed by atoms with Crippen molar-refractivity contribution in [3.8, 4) is 0 Å². The molecule has 0 saturated carbocycles. The van der Waals surface area contributed by atoms with Crippen LogP contribution in [0.15, 0.2) is 41.3 Å². The molecule has 8 heteroatoms. The summed E-state index contributed by atoms with van der Waals surface area (Å²) in [5.74, 6) is 0.618. The van der Waals surface area contributed by atoms with Gasteiger partial charge < -0.3 is 9.64 Å². The fourth-order valence-electron chi connectivity index (χ4n) is 2.96. The van der Waals surface area contributed by atoms with E-state index >= 15 is 0 Å². The molecule has 1 aliphatic heterocycles. The van der Waals surface area contributed by atoms with Crippen LogP contribution in [0.3, 0.4) is 0 Å². The second-order valence-electron chi connectivity index (χ2n) is 6.82. The van der Waals surface area contributed by atoms with E-state index in [4.69, 9.17) is 16.3 Å². The van der Waals surface area contributed by atoms with Crippen molar-refractivity contribution in [1.82, 2.24) is 9.97 Å². The van der Waals surface area contributed by atoms with Gasteiger partial charge in [-0.15, -0.1) is 0 Å². The second kappa shape index (κ2) is 7.13. The molecule has 0 unspecified atom stereocenters. The summed E-state index contributed by atoms with van der Waals surface area (Å²) in [6.07, 6.45) is 0. The third kappa shape index (κ3) is 3.43. The summed E-state index contributed by atoms with van der Waals surface area (Å²) in [5, 5.41) is 0.0347. The number of hydrogen-bond donors (Lipinski definition) is 0. The highest BCUT2D eigenvalue weighted by atomic mass is 35.5. The van der Waals surface area contributed by atoms with Gasteiger partial charge in [0, 0.05) is 12.6 Å². The molecule has 3 rings (SSSR count). The summed E-state index contributed by atoms with van der Waals surface area (Å²) in [6.45, 7) is 7.15. The Morgan fingerprint density at radius 3 is 2.58 bits per heavy atom. The van der Waals surface area contributed by atoms with E-state index in [0.29, 0.717) is 31.3 Å². The number of rotatable bonds is 4. The van der Waals surface area contributed by atoms with E-state index in [9.17, 15) is 8.42 Å². The summed E-state index contributed by atoms with van der Waals surface area (Å²) in [7, 11) is -3.66. The van der Waals surface area contributed by atoms with Gasteiger partial charge >= 0.3 is 0 Å². The Bertz CT molecular complexity index is 888. The van der Waals surface area contributed by atoms with E-state index in [0.717, 1.165) is 0 Å². The van der Waals surface area contributed by atoms with E-state index in [1.807, 2.05) is 6.92 Å². The number of aromatic nitrogens is 2. The van der Waals surface area contributed by atoms with Gasteiger partial charge in [-0.25, -0.2) is 18.4 Å². The molecule has 0 amide bonds. The van der Waals surface area contributed by atoms with Gasteiger partial charge in [0.1, 0.15) is 10.6 Å². The number of nitrogens with zero attached hydrogens (tertiary/aromatic N) is 3. The molecule has 2 heterocycles. The Labute approximate surface area is 159 Å². The minimum atomic E-state index is -3.66.